The zero-order chi connectivity index (χ0) is 12.6. The summed E-state index contributed by atoms with van der Waals surface area (Å²) in [7, 11) is 0. The summed E-state index contributed by atoms with van der Waals surface area (Å²) in [5.41, 5.74) is 0. The van der Waals surface area contributed by atoms with Crippen molar-refractivity contribution < 1.29 is 4.74 Å². The van der Waals surface area contributed by atoms with Crippen LogP contribution >= 0.6 is 0 Å². The molecular formula is C16H31NO. The smallest absolute Gasteiger partial charge is 0.0576 e. The van der Waals surface area contributed by atoms with E-state index in [0.29, 0.717) is 6.10 Å². The zero-order valence-electron chi connectivity index (χ0n) is 12.1. The molecule has 18 heavy (non-hydrogen) atoms. The summed E-state index contributed by atoms with van der Waals surface area (Å²) < 4.78 is 5.71. The molecule has 2 rings (SSSR count). The maximum absolute atomic E-state index is 5.71. The minimum absolute atomic E-state index is 0.598. The Balaban J connectivity index is 1.63. The van der Waals surface area contributed by atoms with E-state index in [1.165, 1.54) is 64.2 Å². The SMILES string of the molecule is CCNC1CCCCC(CCCC2CCCO2)C1. The average Bonchev–Trinajstić information content (AvgIpc) is 2.78. The van der Waals surface area contributed by atoms with E-state index in [9.17, 15) is 0 Å². The van der Waals surface area contributed by atoms with Crippen molar-refractivity contribution in [1.29, 1.82) is 0 Å². The Morgan fingerprint density at radius 2 is 1.94 bits per heavy atom. The minimum Gasteiger partial charge on any atom is -0.378 e. The molecule has 0 aromatic carbocycles. The van der Waals surface area contributed by atoms with Gasteiger partial charge in [0.2, 0.25) is 0 Å². The molecule has 0 amide bonds. The van der Waals surface area contributed by atoms with Gasteiger partial charge in [0, 0.05) is 12.6 Å². The molecule has 106 valence electrons. The van der Waals surface area contributed by atoms with Crippen LogP contribution in [0.15, 0.2) is 0 Å². The molecule has 0 aromatic heterocycles. The molecule has 0 spiro atoms. The van der Waals surface area contributed by atoms with Crippen LogP contribution in [-0.2, 0) is 4.74 Å². The van der Waals surface area contributed by atoms with Crippen molar-refractivity contribution in [1.82, 2.24) is 5.32 Å². The van der Waals surface area contributed by atoms with Crippen LogP contribution in [-0.4, -0.2) is 25.3 Å². The van der Waals surface area contributed by atoms with Gasteiger partial charge in [-0.3, -0.25) is 0 Å². The summed E-state index contributed by atoms with van der Waals surface area (Å²) >= 11 is 0. The highest BCUT2D eigenvalue weighted by molar-refractivity contribution is 4.76. The second-order valence-electron chi connectivity index (χ2n) is 6.21. The molecule has 1 saturated heterocycles. The van der Waals surface area contributed by atoms with Gasteiger partial charge in [-0.2, -0.15) is 0 Å². The van der Waals surface area contributed by atoms with Crippen LogP contribution in [0.5, 0.6) is 0 Å². The first-order valence-corrected chi connectivity index (χ1v) is 8.23. The first-order chi connectivity index (χ1) is 8.88. The van der Waals surface area contributed by atoms with Crippen LogP contribution in [0.4, 0.5) is 0 Å². The Labute approximate surface area is 113 Å². The fourth-order valence-corrected chi connectivity index (χ4v) is 3.70. The molecule has 2 heteroatoms. The molecule has 2 fully saturated rings. The largest absolute Gasteiger partial charge is 0.378 e. The highest BCUT2D eigenvalue weighted by atomic mass is 16.5. The zero-order valence-corrected chi connectivity index (χ0v) is 12.1. The van der Waals surface area contributed by atoms with Crippen LogP contribution in [0.1, 0.15) is 71.1 Å². The van der Waals surface area contributed by atoms with E-state index in [4.69, 9.17) is 4.74 Å². The standard InChI is InChI=1S/C16H31NO/c1-2-17-15-9-4-3-7-14(13-15)8-5-10-16-11-6-12-18-16/h14-17H,2-13H2,1H3. The van der Waals surface area contributed by atoms with Crippen molar-refractivity contribution in [2.75, 3.05) is 13.2 Å². The monoisotopic (exact) mass is 253 g/mol. The second-order valence-corrected chi connectivity index (χ2v) is 6.21. The summed E-state index contributed by atoms with van der Waals surface area (Å²) in [4.78, 5) is 0. The number of nitrogens with one attached hydrogen (secondary N) is 1. The molecule has 2 nitrogen and oxygen atoms in total. The maximum atomic E-state index is 5.71. The predicted molar refractivity (Wildman–Crippen MR) is 76.9 cm³/mol. The molecule has 0 aromatic rings. The lowest BCUT2D eigenvalue weighted by atomic mass is 9.91. The van der Waals surface area contributed by atoms with Gasteiger partial charge in [0.15, 0.2) is 0 Å². The van der Waals surface area contributed by atoms with Gasteiger partial charge in [-0.25, -0.2) is 0 Å². The number of hydrogen-bond acceptors (Lipinski definition) is 2. The molecular weight excluding hydrogens is 222 g/mol. The summed E-state index contributed by atoms with van der Waals surface area (Å²) in [5.74, 6) is 0.970. The van der Waals surface area contributed by atoms with Gasteiger partial charge in [-0.1, -0.05) is 39.0 Å². The Morgan fingerprint density at radius 3 is 2.72 bits per heavy atom. The van der Waals surface area contributed by atoms with Gasteiger partial charge in [0.1, 0.15) is 0 Å². The third-order valence-electron chi connectivity index (χ3n) is 4.69. The lowest BCUT2D eigenvalue weighted by molar-refractivity contribution is 0.100. The molecule has 2 aliphatic rings. The van der Waals surface area contributed by atoms with E-state index in [2.05, 4.69) is 12.2 Å². The van der Waals surface area contributed by atoms with Crippen molar-refractivity contribution in [3.05, 3.63) is 0 Å². The first-order valence-electron chi connectivity index (χ1n) is 8.23. The van der Waals surface area contributed by atoms with Crippen LogP contribution in [0, 0.1) is 5.92 Å². The summed E-state index contributed by atoms with van der Waals surface area (Å²) in [6.45, 7) is 4.38. The van der Waals surface area contributed by atoms with Gasteiger partial charge in [0.25, 0.3) is 0 Å². The molecule has 1 heterocycles. The molecule has 1 aliphatic carbocycles. The summed E-state index contributed by atoms with van der Waals surface area (Å²) in [5, 5.41) is 3.66. The minimum atomic E-state index is 0.598. The fraction of sp³-hybridized carbons (Fsp3) is 1.00. The fourth-order valence-electron chi connectivity index (χ4n) is 3.70. The van der Waals surface area contributed by atoms with Crippen LogP contribution in [0.25, 0.3) is 0 Å². The Morgan fingerprint density at radius 1 is 1.06 bits per heavy atom. The molecule has 0 radical (unpaired) electrons. The summed E-state index contributed by atoms with van der Waals surface area (Å²) in [6.07, 6.45) is 14.5. The number of hydrogen-bond donors (Lipinski definition) is 1. The van der Waals surface area contributed by atoms with Crippen molar-refractivity contribution in [2.45, 2.75) is 83.3 Å². The Hall–Kier alpha value is -0.0800. The van der Waals surface area contributed by atoms with Gasteiger partial charge in [0.05, 0.1) is 6.10 Å². The van der Waals surface area contributed by atoms with Crippen LogP contribution in [0.2, 0.25) is 0 Å². The van der Waals surface area contributed by atoms with E-state index in [0.717, 1.165) is 25.1 Å². The van der Waals surface area contributed by atoms with Crippen molar-refractivity contribution in [3.8, 4) is 0 Å². The molecule has 1 N–H and O–H groups in total. The van der Waals surface area contributed by atoms with Crippen molar-refractivity contribution in [2.24, 2.45) is 5.92 Å². The van der Waals surface area contributed by atoms with E-state index in [1.54, 1.807) is 0 Å². The molecule has 3 atom stereocenters. The van der Waals surface area contributed by atoms with E-state index in [-0.39, 0.29) is 0 Å². The number of rotatable bonds is 6. The van der Waals surface area contributed by atoms with Gasteiger partial charge >= 0.3 is 0 Å². The number of ether oxygens (including phenoxy) is 1. The lowest BCUT2D eigenvalue weighted by Crippen LogP contribution is -2.29. The molecule has 3 unspecified atom stereocenters. The van der Waals surface area contributed by atoms with E-state index in [1.807, 2.05) is 0 Å². The van der Waals surface area contributed by atoms with E-state index < -0.39 is 0 Å². The van der Waals surface area contributed by atoms with Gasteiger partial charge in [-0.15, -0.1) is 0 Å². The van der Waals surface area contributed by atoms with Crippen molar-refractivity contribution >= 4 is 0 Å². The van der Waals surface area contributed by atoms with Crippen LogP contribution in [0.3, 0.4) is 0 Å². The average molecular weight is 253 g/mol. The molecule has 0 bridgehead atoms. The molecule has 1 aliphatic heterocycles. The maximum Gasteiger partial charge on any atom is 0.0576 e. The Bertz CT molecular complexity index is 213. The second kappa shape index (κ2) is 8.16. The highest BCUT2D eigenvalue weighted by Crippen LogP contribution is 2.28. The third kappa shape index (κ3) is 4.89. The van der Waals surface area contributed by atoms with Gasteiger partial charge < -0.3 is 10.1 Å². The quantitative estimate of drug-likeness (QED) is 0.725. The van der Waals surface area contributed by atoms with Gasteiger partial charge in [-0.05, 0) is 44.6 Å². The van der Waals surface area contributed by atoms with Crippen LogP contribution < -0.4 is 5.32 Å². The lowest BCUT2D eigenvalue weighted by Gasteiger charge is -2.21. The normalized spacial score (nSPS) is 33.5. The topological polar surface area (TPSA) is 21.3 Å². The molecule has 1 saturated carbocycles. The third-order valence-corrected chi connectivity index (χ3v) is 4.69. The highest BCUT2D eigenvalue weighted by Gasteiger charge is 2.20. The van der Waals surface area contributed by atoms with Crippen molar-refractivity contribution in [3.63, 3.8) is 0 Å². The van der Waals surface area contributed by atoms with E-state index >= 15 is 0 Å². The Kier molecular flexibility index (Phi) is 6.50. The first kappa shape index (κ1) is 14.3. The predicted octanol–water partition coefficient (Wildman–Crippen LogP) is 3.89. The summed E-state index contributed by atoms with van der Waals surface area (Å²) in [6, 6.07) is 0.797.